The number of hydrogen-bond donors (Lipinski definition) is 2. The van der Waals surface area contributed by atoms with E-state index in [0.29, 0.717) is 23.9 Å². The van der Waals surface area contributed by atoms with Gasteiger partial charge in [0.25, 0.3) is 0 Å². The van der Waals surface area contributed by atoms with Crippen molar-refractivity contribution < 1.29 is 13.9 Å². The van der Waals surface area contributed by atoms with Crippen LogP contribution in [0.5, 0.6) is 0 Å². The largest absolute Gasteiger partial charge is 0.466 e. The second-order valence-electron chi connectivity index (χ2n) is 6.84. The summed E-state index contributed by atoms with van der Waals surface area (Å²) in [5.74, 6) is 0.759. The normalized spacial score (nSPS) is 15.1. The summed E-state index contributed by atoms with van der Waals surface area (Å²) in [4.78, 5) is 22.5. The van der Waals surface area contributed by atoms with E-state index in [2.05, 4.69) is 25.5 Å². The maximum Gasteiger partial charge on any atom is 0.309 e. The van der Waals surface area contributed by atoms with Gasteiger partial charge in [-0.25, -0.2) is 14.4 Å². The first-order valence-corrected chi connectivity index (χ1v) is 10.1. The van der Waals surface area contributed by atoms with Gasteiger partial charge in [-0.15, -0.1) is 0 Å². The SMILES string of the molecule is CCOC(=O)C1CCN(CCNc2cc(Nc3ccc(F)c(Cl)c3)ncn2)CC1. The number of rotatable bonds is 8. The number of esters is 1. The molecule has 1 aliphatic rings. The highest BCUT2D eigenvalue weighted by molar-refractivity contribution is 6.31. The van der Waals surface area contributed by atoms with Crippen LogP contribution in [0, 0.1) is 11.7 Å². The molecule has 1 aliphatic heterocycles. The van der Waals surface area contributed by atoms with Crippen molar-refractivity contribution in [3.05, 3.63) is 41.4 Å². The van der Waals surface area contributed by atoms with E-state index < -0.39 is 5.82 Å². The number of likely N-dealkylation sites (tertiary alicyclic amines) is 1. The molecule has 0 amide bonds. The first-order valence-electron chi connectivity index (χ1n) is 9.72. The van der Waals surface area contributed by atoms with Crippen molar-refractivity contribution >= 4 is 34.9 Å². The fourth-order valence-corrected chi connectivity index (χ4v) is 3.42. The molecular formula is C20H25ClFN5O2. The van der Waals surface area contributed by atoms with Gasteiger partial charge in [-0.05, 0) is 51.1 Å². The lowest BCUT2D eigenvalue weighted by Gasteiger charge is -2.30. The van der Waals surface area contributed by atoms with Gasteiger partial charge in [0.05, 0.1) is 17.5 Å². The van der Waals surface area contributed by atoms with E-state index in [1.165, 1.54) is 18.5 Å². The van der Waals surface area contributed by atoms with Gasteiger partial charge in [-0.1, -0.05) is 11.6 Å². The summed E-state index contributed by atoms with van der Waals surface area (Å²) < 4.78 is 18.4. The highest BCUT2D eigenvalue weighted by Gasteiger charge is 2.25. The molecule has 0 radical (unpaired) electrons. The number of aromatic nitrogens is 2. The van der Waals surface area contributed by atoms with Crippen LogP contribution in [-0.4, -0.2) is 53.6 Å². The molecule has 2 heterocycles. The summed E-state index contributed by atoms with van der Waals surface area (Å²) >= 11 is 5.81. The molecule has 0 bridgehead atoms. The summed E-state index contributed by atoms with van der Waals surface area (Å²) in [6.45, 7) is 5.62. The van der Waals surface area contributed by atoms with E-state index in [1.807, 2.05) is 6.92 Å². The summed E-state index contributed by atoms with van der Waals surface area (Å²) in [5, 5.41) is 6.41. The van der Waals surface area contributed by atoms with E-state index >= 15 is 0 Å². The number of ether oxygens (including phenoxy) is 1. The van der Waals surface area contributed by atoms with Gasteiger partial charge in [0, 0.05) is 24.8 Å². The predicted molar refractivity (Wildman–Crippen MR) is 111 cm³/mol. The molecule has 1 fully saturated rings. The quantitative estimate of drug-likeness (QED) is 0.629. The number of piperidine rings is 1. The topological polar surface area (TPSA) is 79.4 Å². The first kappa shape index (κ1) is 21.3. The fourth-order valence-electron chi connectivity index (χ4n) is 3.24. The molecule has 9 heteroatoms. The summed E-state index contributed by atoms with van der Waals surface area (Å²) in [6.07, 6.45) is 3.13. The van der Waals surface area contributed by atoms with Gasteiger partial charge < -0.3 is 20.3 Å². The van der Waals surface area contributed by atoms with Crippen molar-refractivity contribution in [1.29, 1.82) is 0 Å². The predicted octanol–water partition coefficient (Wildman–Crippen LogP) is 3.70. The molecule has 7 nitrogen and oxygen atoms in total. The lowest BCUT2D eigenvalue weighted by atomic mass is 9.97. The smallest absolute Gasteiger partial charge is 0.309 e. The van der Waals surface area contributed by atoms with Crippen molar-refractivity contribution in [2.75, 3.05) is 43.4 Å². The van der Waals surface area contributed by atoms with E-state index in [1.54, 1.807) is 12.1 Å². The number of carbonyl (C=O) groups excluding carboxylic acids is 1. The van der Waals surface area contributed by atoms with E-state index in [-0.39, 0.29) is 16.9 Å². The highest BCUT2D eigenvalue weighted by atomic mass is 35.5. The zero-order valence-corrected chi connectivity index (χ0v) is 17.1. The molecule has 2 N–H and O–H groups in total. The average molecular weight is 422 g/mol. The molecule has 0 atom stereocenters. The Labute approximate surface area is 174 Å². The molecule has 3 rings (SSSR count). The van der Waals surface area contributed by atoms with Gasteiger partial charge in [0.15, 0.2) is 0 Å². The summed E-state index contributed by atoms with van der Waals surface area (Å²) in [6, 6.07) is 6.18. The molecule has 1 aromatic carbocycles. The second kappa shape index (κ2) is 10.4. The zero-order valence-electron chi connectivity index (χ0n) is 16.3. The molecule has 0 unspecified atom stereocenters. The van der Waals surface area contributed by atoms with Crippen LogP contribution in [-0.2, 0) is 9.53 Å². The van der Waals surface area contributed by atoms with Crippen LogP contribution in [0.2, 0.25) is 5.02 Å². The Kier molecular flexibility index (Phi) is 7.60. The molecule has 0 saturated carbocycles. The Morgan fingerprint density at radius 1 is 1.28 bits per heavy atom. The van der Waals surface area contributed by atoms with Crippen LogP contribution in [0.25, 0.3) is 0 Å². The fraction of sp³-hybridized carbons (Fsp3) is 0.450. The second-order valence-corrected chi connectivity index (χ2v) is 7.24. The molecule has 1 saturated heterocycles. The number of benzene rings is 1. The third-order valence-corrected chi connectivity index (χ3v) is 5.09. The maximum absolute atomic E-state index is 13.3. The van der Waals surface area contributed by atoms with Crippen LogP contribution in [0.1, 0.15) is 19.8 Å². The molecular weight excluding hydrogens is 397 g/mol. The minimum absolute atomic E-state index is 0.0228. The lowest BCUT2D eigenvalue weighted by molar-refractivity contribution is -0.149. The van der Waals surface area contributed by atoms with Crippen LogP contribution in [0.3, 0.4) is 0 Å². The Hall–Kier alpha value is -2.45. The third kappa shape index (κ3) is 6.27. The van der Waals surface area contributed by atoms with Gasteiger partial charge >= 0.3 is 5.97 Å². The Morgan fingerprint density at radius 3 is 2.76 bits per heavy atom. The third-order valence-electron chi connectivity index (χ3n) is 4.80. The van der Waals surface area contributed by atoms with Gasteiger partial charge in [0.2, 0.25) is 0 Å². The minimum Gasteiger partial charge on any atom is -0.466 e. The number of nitrogens with zero attached hydrogens (tertiary/aromatic N) is 3. The van der Waals surface area contributed by atoms with Gasteiger partial charge in [-0.3, -0.25) is 4.79 Å². The molecule has 2 aromatic rings. The molecule has 1 aromatic heterocycles. The van der Waals surface area contributed by atoms with E-state index in [0.717, 1.165) is 39.0 Å². The molecule has 29 heavy (non-hydrogen) atoms. The zero-order chi connectivity index (χ0) is 20.6. The molecule has 156 valence electrons. The lowest BCUT2D eigenvalue weighted by Crippen LogP contribution is -2.39. The van der Waals surface area contributed by atoms with Crippen molar-refractivity contribution in [3.63, 3.8) is 0 Å². The standard InChI is InChI=1S/C20H25ClFN5O2/c1-2-29-20(28)14-5-8-27(9-6-14)10-7-23-18-12-19(25-13-24-18)26-15-3-4-17(22)16(21)11-15/h3-4,11-14H,2,5-10H2,1H3,(H2,23,24,25,26). The van der Waals surface area contributed by atoms with Crippen molar-refractivity contribution in [2.45, 2.75) is 19.8 Å². The minimum atomic E-state index is -0.464. The van der Waals surface area contributed by atoms with Crippen LogP contribution in [0.4, 0.5) is 21.7 Å². The highest BCUT2D eigenvalue weighted by Crippen LogP contribution is 2.22. The van der Waals surface area contributed by atoms with Crippen LogP contribution in [0.15, 0.2) is 30.6 Å². The van der Waals surface area contributed by atoms with Crippen molar-refractivity contribution in [1.82, 2.24) is 14.9 Å². The average Bonchev–Trinajstić information content (AvgIpc) is 2.72. The van der Waals surface area contributed by atoms with E-state index in [4.69, 9.17) is 16.3 Å². The maximum atomic E-state index is 13.3. The first-order chi connectivity index (χ1) is 14.0. The van der Waals surface area contributed by atoms with Gasteiger partial charge in [0.1, 0.15) is 23.8 Å². The van der Waals surface area contributed by atoms with Crippen LogP contribution >= 0.6 is 11.6 Å². The number of anilines is 3. The molecule has 0 aliphatic carbocycles. The number of carbonyl (C=O) groups is 1. The Bertz CT molecular complexity index is 830. The summed E-state index contributed by atoms with van der Waals surface area (Å²) in [7, 11) is 0. The van der Waals surface area contributed by atoms with Gasteiger partial charge in [-0.2, -0.15) is 0 Å². The number of halogens is 2. The Morgan fingerprint density at radius 2 is 2.03 bits per heavy atom. The monoisotopic (exact) mass is 421 g/mol. The Balaban J connectivity index is 1.44. The summed E-state index contributed by atoms with van der Waals surface area (Å²) in [5.41, 5.74) is 0.644. The molecule has 0 spiro atoms. The van der Waals surface area contributed by atoms with Crippen molar-refractivity contribution in [3.8, 4) is 0 Å². The van der Waals surface area contributed by atoms with E-state index in [9.17, 15) is 9.18 Å². The number of hydrogen-bond acceptors (Lipinski definition) is 7. The number of nitrogens with one attached hydrogen (secondary N) is 2. The van der Waals surface area contributed by atoms with Crippen LogP contribution < -0.4 is 10.6 Å². The van der Waals surface area contributed by atoms with Crippen molar-refractivity contribution in [2.24, 2.45) is 5.92 Å².